The van der Waals surface area contributed by atoms with Crippen molar-refractivity contribution in [2.24, 2.45) is 0 Å². The van der Waals surface area contributed by atoms with Gasteiger partial charge in [0.05, 0.1) is 0 Å². The molecular weight excluding hydrogens is 240 g/mol. The van der Waals surface area contributed by atoms with Gasteiger partial charge < -0.3 is 0 Å². The SMILES string of the molecule is [Mo].[Ti].[Ti].[Ti]. The molecule has 0 nitrogen and oxygen atoms in total. The first-order chi connectivity index (χ1) is 0. The van der Waals surface area contributed by atoms with Crippen molar-refractivity contribution in [2.75, 3.05) is 0 Å². The van der Waals surface area contributed by atoms with Crippen molar-refractivity contribution < 1.29 is 86.2 Å². The van der Waals surface area contributed by atoms with Crippen LogP contribution in [0.15, 0.2) is 0 Å². The third-order valence-electron chi connectivity index (χ3n) is 0. The van der Waals surface area contributed by atoms with Gasteiger partial charge in [-0.1, -0.05) is 0 Å². The van der Waals surface area contributed by atoms with Gasteiger partial charge in [-0.2, -0.15) is 0 Å². The Bertz CT molecular complexity index is 3.25. The van der Waals surface area contributed by atoms with Crippen LogP contribution in [0.4, 0.5) is 0 Å². The summed E-state index contributed by atoms with van der Waals surface area (Å²) in [6.45, 7) is 0. The third kappa shape index (κ3) is 8.85. The second kappa shape index (κ2) is 17.0. The van der Waals surface area contributed by atoms with E-state index in [0.717, 1.165) is 0 Å². The van der Waals surface area contributed by atoms with Crippen molar-refractivity contribution >= 4 is 0 Å². The van der Waals surface area contributed by atoms with Gasteiger partial charge in [-0.15, -0.1) is 0 Å². The summed E-state index contributed by atoms with van der Waals surface area (Å²) in [4.78, 5) is 0. The summed E-state index contributed by atoms with van der Waals surface area (Å²) in [7, 11) is 0. The molecule has 0 bridgehead atoms. The molecule has 0 saturated carbocycles. The van der Waals surface area contributed by atoms with Gasteiger partial charge in [0.2, 0.25) is 0 Å². The topological polar surface area (TPSA) is 0 Å². The van der Waals surface area contributed by atoms with Crippen LogP contribution in [0.3, 0.4) is 0 Å². The number of hydrogen-bond acceptors (Lipinski definition) is 0. The second-order valence-corrected chi connectivity index (χ2v) is 0. The summed E-state index contributed by atoms with van der Waals surface area (Å²) in [5.74, 6) is 0. The molecule has 0 aromatic heterocycles. The molecule has 0 radical (unpaired) electrons. The van der Waals surface area contributed by atoms with Crippen LogP contribution >= 0.6 is 0 Å². The van der Waals surface area contributed by atoms with E-state index >= 15 is 0 Å². The molecular formula is MoTi3. The monoisotopic (exact) mass is 242 g/mol. The summed E-state index contributed by atoms with van der Waals surface area (Å²) in [5.41, 5.74) is 0. The minimum Gasteiger partial charge on any atom is 0 e. The van der Waals surface area contributed by atoms with Crippen molar-refractivity contribution in [2.45, 2.75) is 0 Å². The Kier molecular flexibility index (Phi) is 123. The predicted octanol–water partition coefficient (Wildman–Crippen LogP) is -0.0100. The smallest absolute Gasteiger partial charge is 0 e. The van der Waals surface area contributed by atoms with Gasteiger partial charge in [-0.3, -0.25) is 0 Å². The van der Waals surface area contributed by atoms with Gasteiger partial charge in [-0.05, 0) is 0 Å². The zero-order valence-electron chi connectivity index (χ0n) is 1.91. The van der Waals surface area contributed by atoms with Gasteiger partial charge in [0.25, 0.3) is 0 Å². The van der Waals surface area contributed by atoms with E-state index in [9.17, 15) is 0 Å². The van der Waals surface area contributed by atoms with Crippen LogP contribution in [0, 0.1) is 0 Å². The van der Waals surface area contributed by atoms with E-state index in [4.69, 9.17) is 0 Å². The summed E-state index contributed by atoms with van der Waals surface area (Å²) in [6, 6.07) is 0. The van der Waals surface area contributed by atoms with E-state index < -0.39 is 0 Å². The molecule has 0 atom stereocenters. The molecule has 0 spiro atoms. The molecule has 4 heteroatoms. The number of rotatable bonds is 0. The first-order valence-corrected chi connectivity index (χ1v) is 0. The Hall–Kier alpha value is 2.83. The normalized spacial score (nSPS) is 0. The average Bonchev–Trinajstić information content (AvgIpc) is 0. The Morgan fingerprint density at radius 3 is 0.500 bits per heavy atom. The van der Waals surface area contributed by atoms with Crippen molar-refractivity contribution in [1.29, 1.82) is 0 Å². The molecule has 0 saturated heterocycles. The third-order valence-corrected chi connectivity index (χ3v) is 0. The van der Waals surface area contributed by atoms with Gasteiger partial charge in [0.15, 0.2) is 0 Å². The molecule has 0 aromatic carbocycles. The minimum atomic E-state index is 0. The molecule has 0 unspecified atom stereocenters. The quantitative estimate of drug-likeness (QED) is 0.522. The Balaban J connectivity index is 0. The molecule has 4 heavy (non-hydrogen) atoms. The molecule has 18 valence electrons. The molecule has 0 fully saturated rings. The number of hydrogen-bond donors (Lipinski definition) is 0. The first kappa shape index (κ1) is 29.0. The van der Waals surface area contributed by atoms with E-state index in [0.29, 0.717) is 0 Å². The van der Waals surface area contributed by atoms with Crippen molar-refractivity contribution in [3.05, 3.63) is 0 Å². The fourth-order valence-corrected chi connectivity index (χ4v) is 0. The summed E-state index contributed by atoms with van der Waals surface area (Å²) < 4.78 is 0. The molecule has 0 aromatic rings. The standard InChI is InChI=1S/Mo.3Ti. The summed E-state index contributed by atoms with van der Waals surface area (Å²) in [5, 5.41) is 0. The van der Waals surface area contributed by atoms with Gasteiger partial charge in [0, 0.05) is 86.2 Å². The van der Waals surface area contributed by atoms with E-state index in [1.54, 1.807) is 0 Å². The first-order valence-electron chi connectivity index (χ1n) is 0. The van der Waals surface area contributed by atoms with Crippen LogP contribution in [0.25, 0.3) is 0 Å². The Morgan fingerprint density at radius 1 is 0.500 bits per heavy atom. The maximum atomic E-state index is 0. The minimum absolute atomic E-state index is 0. The predicted molar refractivity (Wildman–Crippen MR) is 0 cm³/mol. The van der Waals surface area contributed by atoms with Crippen LogP contribution in [-0.4, -0.2) is 0 Å². The van der Waals surface area contributed by atoms with E-state index in [-0.39, 0.29) is 86.2 Å². The second-order valence-electron chi connectivity index (χ2n) is 0. The van der Waals surface area contributed by atoms with Gasteiger partial charge >= 0.3 is 0 Å². The Labute approximate surface area is 84.8 Å². The Morgan fingerprint density at radius 2 is 0.500 bits per heavy atom. The van der Waals surface area contributed by atoms with Crippen LogP contribution in [0.5, 0.6) is 0 Å². The van der Waals surface area contributed by atoms with Crippen LogP contribution < -0.4 is 0 Å². The zero-order chi connectivity index (χ0) is 0. The van der Waals surface area contributed by atoms with Crippen molar-refractivity contribution in [3.8, 4) is 0 Å². The van der Waals surface area contributed by atoms with Crippen molar-refractivity contribution in [1.82, 2.24) is 0 Å². The zero-order valence-corrected chi connectivity index (χ0v) is 8.60. The van der Waals surface area contributed by atoms with Crippen LogP contribution in [0.2, 0.25) is 0 Å². The molecule has 0 aliphatic rings. The van der Waals surface area contributed by atoms with E-state index in [1.807, 2.05) is 0 Å². The summed E-state index contributed by atoms with van der Waals surface area (Å²) >= 11 is 0. The van der Waals surface area contributed by atoms with E-state index in [1.165, 1.54) is 0 Å². The van der Waals surface area contributed by atoms with Crippen LogP contribution in [-0.2, 0) is 86.2 Å². The molecule has 0 amide bonds. The maximum Gasteiger partial charge on any atom is 0 e. The molecule has 0 heterocycles. The van der Waals surface area contributed by atoms with Crippen LogP contribution in [0.1, 0.15) is 0 Å². The molecule has 0 rings (SSSR count). The molecule has 0 N–H and O–H groups in total. The van der Waals surface area contributed by atoms with Gasteiger partial charge in [0.1, 0.15) is 0 Å². The summed E-state index contributed by atoms with van der Waals surface area (Å²) in [6.07, 6.45) is 0. The maximum absolute atomic E-state index is 0. The largest absolute Gasteiger partial charge is 0 e. The van der Waals surface area contributed by atoms with Gasteiger partial charge in [-0.25, -0.2) is 0 Å². The van der Waals surface area contributed by atoms with E-state index in [2.05, 4.69) is 0 Å². The fraction of sp³-hybridized carbons (Fsp3) is 0. The molecule has 0 aliphatic carbocycles. The average molecular weight is 240 g/mol. The fourth-order valence-electron chi connectivity index (χ4n) is 0. The molecule has 0 aliphatic heterocycles. The van der Waals surface area contributed by atoms with Crippen molar-refractivity contribution in [3.63, 3.8) is 0 Å².